The van der Waals surface area contributed by atoms with Gasteiger partial charge in [0.2, 0.25) is 11.8 Å². The van der Waals surface area contributed by atoms with E-state index in [4.69, 9.17) is 9.72 Å². The fraction of sp³-hybridized carbons (Fsp3) is 0.548. The van der Waals surface area contributed by atoms with Crippen molar-refractivity contribution in [2.75, 3.05) is 50.2 Å². The lowest BCUT2D eigenvalue weighted by Gasteiger charge is -2.28. The van der Waals surface area contributed by atoms with Crippen molar-refractivity contribution >= 4 is 29.3 Å². The Kier molecular flexibility index (Phi) is 11.7. The Morgan fingerprint density at radius 2 is 2.00 bits per heavy atom. The Labute approximate surface area is 246 Å². The summed E-state index contributed by atoms with van der Waals surface area (Å²) in [5.41, 5.74) is 2.88. The van der Waals surface area contributed by atoms with Crippen molar-refractivity contribution < 1.29 is 28.6 Å². The minimum atomic E-state index is -1.15. The molecule has 228 valence electrons. The second kappa shape index (κ2) is 15.6. The van der Waals surface area contributed by atoms with Crippen molar-refractivity contribution in [3.8, 4) is 0 Å². The van der Waals surface area contributed by atoms with Gasteiger partial charge in [-0.1, -0.05) is 24.3 Å². The summed E-state index contributed by atoms with van der Waals surface area (Å²) in [6.45, 7) is 1.57. The first-order valence-electron chi connectivity index (χ1n) is 14.8. The van der Waals surface area contributed by atoms with Gasteiger partial charge in [-0.25, -0.2) is 14.2 Å². The fourth-order valence-electron chi connectivity index (χ4n) is 5.60. The minimum Gasteiger partial charge on any atom is -0.480 e. The zero-order chi connectivity index (χ0) is 29.9. The first kappa shape index (κ1) is 31.4. The maximum Gasteiger partial charge on any atom is 0.326 e. The molecule has 3 atom stereocenters. The van der Waals surface area contributed by atoms with Gasteiger partial charge >= 0.3 is 5.97 Å². The summed E-state index contributed by atoms with van der Waals surface area (Å²) in [5, 5.41) is 15.9. The summed E-state index contributed by atoms with van der Waals surface area (Å²) < 4.78 is 18.7. The number of rotatable bonds is 16. The average molecular weight is 584 g/mol. The Morgan fingerprint density at radius 1 is 1.19 bits per heavy atom. The van der Waals surface area contributed by atoms with Gasteiger partial charge in [-0.3, -0.25) is 14.5 Å². The molecule has 0 aliphatic carbocycles. The molecule has 0 spiro atoms. The molecule has 2 aromatic rings. The number of alkyl halides is 1. The van der Waals surface area contributed by atoms with Gasteiger partial charge in [-0.2, -0.15) is 0 Å². The third kappa shape index (κ3) is 8.48. The minimum absolute atomic E-state index is 0.133. The first-order valence-corrected chi connectivity index (χ1v) is 14.8. The highest BCUT2D eigenvalue weighted by Gasteiger charge is 2.38. The number of para-hydroxylation sites is 1. The van der Waals surface area contributed by atoms with E-state index in [1.165, 1.54) is 17.6 Å². The molecule has 2 amide bonds. The second-order valence-corrected chi connectivity index (χ2v) is 11.0. The summed E-state index contributed by atoms with van der Waals surface area (Å²) in [4.78, 5) is 46.0. The topological polar surface area (TPSA) is 124 Å². The second-order valence-electron chi connectivity index (χ2n) is 11.0. The molecule has 0 bridgehead atoms. The summed E-state index contributed by atoms with van der Waals surface area (Å²) in [5.74, 6) is -0.839. The SMILES string of the molecule is COC(CF)CN(CCCCc1ccc2c(n1)NCCC2)CCC(NC(=O)C1CCC(=O)N1c1ccccc1)C(=O)O. The Hall–Kier alpha value is -3.57. The molecule has 2 aliphatic rings. The molecule has 0 radical (unpaired) electrons. The summed E-state index contributed by atoms with van der Waals surface area (Å²) >= 11 is 0. The van der Waals surface area contributed by atoms with Gasteiger partial charge in [-0.15, -0.1) is 0 Å². The standard InChI is InChI=1S/C31H42FN5O5/c1-42-25(20-32)21-36(18-6-5-9-23-13-12-22-8-7-17-33-29(22)34-23)19-16-26(31(40)41)35-30(39)27-14-15-28(38)37(27)24-10-3-2-4-11-24/h2-4,10-13,25-27H,5-9,14-21H2,1H3,(H,33,34)(H,35,39)(H,40,41). The van der Waals surface area contributed by atoms with Crippen LogP contribution in [0.3, 0.4) is 0 Å². The van der Waals surface area contributed by atoms with Gasteiger partial charge < -0.3 is 25.4 Å². The van der Waals surface area contributed by atoms with Crippen molar-refractivity contribution in [1.29, 1.82) is 0 Å². The maximum atomic E-state index is 13.5. The number of nitrogens with zero attached hydrogens (tertiary/aromatic N) is 3. The number of carboxylic acids is 1. The lowest BCUT2D eigenvalue weighted by Crippen LogP contribution is -2.51. The van der Waals surface area contributed by atoms with Crippen molar-refractivity contribution in [2.24, 2.45) is 0 Å². The van der Waals surface area contributed by atoms with E-state index in [-0.39, 0.29) is 18.7 Å². The van der Waals surface area contributed by atoms with Crippen LogP contribution in [0.1, 0.15) is 49.8 Å². The number of hydrogen-bond donors (Lipinski definition) is 3. The molecule has 0 saturated carbocycles. The number of fused-ring (bicyclic) bond motifs is 1. The highest BCUT2D eigenvalue weighted by atomic mass is 19.1. The third-order valence-electron chi connectivity index (χ3n) is 7.97. The highest BCUT2D eigenvalue weighted by Crippen LogP contribution is 2.27. The van der Waals surface area contributed by atoms with Crippen LogP contribution >= 0.6 is 0 Å². The van der Waals surface area contributed by atoms with Crippen LogP contribution in [0.15, 0.2) is 42.5 Å². The van der Waals surface area contributed by atoms with Crippen LogP contribution in [-0.4, -0.2) is 90.9 Å². The lowest BCUT2D eigenvalue weighted by atomic mass is 10.1. The Balaban J connectivity index is 1.32. The number of benzene rings is 1. The number of carbonyl (C=O) groups excluding carboxylic acids is 2. The van der Waals surface area contributed by atoms with Gasteiger partial charge in [0.15, 0.2) is 0 Å². The van der Waals surface area contributed by atoms with Gasteiger partial charge in [-0.05, 0) is 75.3 Å². The molecule has 2 aliphatic heterocycles. The molecule has 3 N–H and O–H groups in total. The van der Waals surface area contributed by atoms with Crippen LogP contribution in [0.5, 0.6) is 0 Å². The predicted octanol–water partition coefficient (Wildman–Crippen LogP) is 3.20. The van der Waals surface area contributed by atoms with E-state index >= 15 is 0 Å². The van der Waals surface area contributed by atoms with Crippen molar-refractivity contribution in [2.45, 2.75) is 69.6 Å². The van der Waals surface area contributed by atoms with E-state index < -0.39 is 36.7 Å². The van der Waals surface area contributed by atoms with Gasteiger partial charge in [0.05, 0.1) is 6.10 Å². The maximum absolute atomic E-state index is 13.5. The molecule has 10 nitrogen and oxygen atoms in total. The first-order chi connectivity index (χ1) is 20.4. The molecular formula is C31H42FN5O5. The average Bonchev–Trinajstić information content (AvgIpc) is 3.40. The number of halogens is 1. The van der Waals surface area contributed by atoms with Gasteiger partial charge in [0.25, 0.3) is 0 Å². The number of pyridine rings is 1. The van der Waals surface area contributed by atoms with E-state index in [0.29, 0.717) is 31.7 Å². The summed E-state index contributed by atoms with van der Waals surface area (Å²) in [6, 6.07) is 11.2. The molecule has 1 aromatic carbocycles. The number of ether oxygens (including phenoxy) is 1. The smallest absolute Gasteiger partial charge is 0.326 e. The number of methoxy groups -OCH3 is 1. The quantitative estimate of drug-likeness (QED) is 0.258. The number of carboxylic acid groups (broad SMARTS) is 1. The number of amides is 2. The summed E-state index contributed by atoms with van der Waals surface area (Å²) in [7, 11) is 1.46. The molecule has 42 heavy (non-hydrogen) atoms. The van der Waals surface area contributed by atoms with E-state index in [0.717, 1.165) is 50.2 Å². The van der Waals surface area contributed by atoms with Gasteiger partial charge in [0, 0.05) is 44.5 Å². The molecular weight excluding hydrogens is 541 g/mol. The van der Waals surface area contributed by atoms with Crippen LogP contribution < -0.4 is 15.5 Å². The molecule has 1 fully saturated rings. The number of aliphatic carboxylic acids is 1. The number of nitrogens with one attached hydrogen (secondary N) is 2. The van der Waals surface area contributed by atoms with E-state index in [1.54, 1.807) is 24.3 Å². The largest absolute Gasteiger partial charge is 0.480 e. The lowest BCUT2D eigenvalue weighted by molar-refractivity contribution is -0.142. The van der Waals surface area contributed by atoms with E-state index in [1.807, 2.05) is 11.0 Å². The molecule has 11 heteroatoms. The third-order valence-corrected chi connectivity index (χ3v) is 7.97. The number of aromatic nitrogens is 1. The van der Waals surface area contributed by atoms with Crippen molar-refractivity contribution in [1.82, 2.24) is 15.2 Å². The van der Waals surface area contributed by atoms with Crippen LogP contribution in [-0.2, 0) is 32.0 Å². The van der Waals surface area contributed by atoms with Gasteiger partial charge in [0.1, 0.15) is 24.6 Å². The van der Waals surface area contributed by atoms with Crippen molar-refractivity contribution in [3.05, 3.63) is 53.7 Å². The zero-order valence-electron chi connectivity index (χ0n) is 24.3. The number of anilines is 2. The number of hydrogen-bond acceptors (Lipinski definition) is 7. The monoisotopic (exact) mass is 583 g/mol. The molecule has 4 rings (SSSR count). The number of unbranched alkanes of at least 4 members (excludes halogenated alkanes) is 1. The Morgan fingerprint density at radius 3 is 2.74 bits per heavy atom. The normalized spacial score (nSPS) is 17.9. The van der Waals surface area contributed by atoms with Crippen LogP contribution in [0.2, 0.25) is 0 Å². The fourth-order valence-corrected chi connectivity index (χ4v) is 5.60. The summed E-state index contributed by atoms with van der Waals surface area (Å²) in [6.07, 6.45) is 4.71. The van der Waals surface area contributed by atoms with Crippen LogP contribution in [0, 0.1) is 0 Å². The molecule has 3 unspecified atom stereocenters. The van der Waals surface area contributed by atoms with Crippen LogP contribution in [0.4, 0.5) is 15.9 Å². The number of carbonyl (C=O) groups is 3. The van der Waals surface area contributed by atoms with Crippen molar-refractivity contribution in [3.63, 3.8) is 0 Å². The highest BCUT2D eigenvalue weighted by molar-refractivity contribution is 6.04. The predicted molar refractivity (Wildman–Crippen MR) is 158 cm³/mol. The van der Waals surface area contributed by atoms with E-state index in [9.17, 15) is 23.9 Å². The van der Waals surface area contributed by atoms with Crippen LogP contribution in [0.25, 0.3) is 0 Å². The molecule has 1 saturated heterocycles. The van der Waals surface area contributed by atoms with E-state index in [2.05, 4.69) is 22.8 Å². The number of aryl methyl sites for hydroxylation is 2. The molecule has 1 aromatic heterocycles. The Bertz CT molecular complexity index is 1200. The zero-order valence-corrected chi connectivity index (χ0v) is 24.3. The molecule has 3 heterocycles.